The van der Waals surface area contributed by atoms with Crippen LogP contribution in [-0.4, -0.2) is 19.1 Å². The molecule has 0 radical (unpaired) electrons. The van der Waals surface area contributed by atoms with Crippen LogP contribution in [0.3, 0.4) is 0 Å². The van der Waals surface area contributed by atoms with Gasteiger partial charge in [0.05, 0.1) is 11.8 Å². The van der Waals surface area contributed by atoms with Crippen molar-refractivity contribution >= 4 is 19.1 Å². The molecule has 0 aromatic carbocycles. The monoisotopic (exact) mass is 423 g/mol. The molecule has 0 aromatic rings. The summed E-state index contributed by atoms with van der Waals surface area (Å²) in [6, 6.07) is 0. The zero-order valence-corrected chi connectivity index (χ0v) is 10.4. The molecule has 2 amide bonds. The van der Waals surface area contributed by atoms with Crippen LogP contribution in [0, 0.1) is 31.1 Å². The van der Waals surface area contributed by atoms with Crippen molar-refractivity contribution in [3.63, 3.8) is 0 Å². The maximum Gasteiger partial charge on any atom is 0.673 e. The number of hydrogen-bond acceptors (Lipinski definition) is 2. The van der Waals surface area contributed by atoms with E-state index in [-0.39, 0.29) is 42.9 Å². The molecule has 0 aromatic heterocycles. The van der Waals surface area contributed by atoms with Gasteiger partial charge in [-0.15, -0.1) is 0 Å². The molecule has 1 fully saturated rings. The molecule has 0 spiro atoms. The van der Waals surface area contributed by atoms with Gasteiger partial charge in [-0.3, -0.25) is 0 Å². The predicted molar refractivity (Wildman–Crippen MR) is 32.8 cm³/mol. The molecule has 9 heteroatoms. The van der Waals surface area contributed by atoms with Crippen molar-refractivity contribution in [1.82, 2.24) is 0 Å². The molecule has 0 unspecified atom stereocenters. The third kappa shape index (κ3) is 14.8. The fraction of sp³-hybridized carbons (Fsp3) is 0.500. The molecule has 1 rings (SSSR count). The van der Waals surface area contributed by atoms with Crippen molar-refractivity contribution in [2.24, 2.45) is 0 Å². The van der Waals surface area contributed by atoms with E-state index in [0.29, 0.717) is 12.8 Å². The van der Waals surface area contributed by atoms with Crippen molar-refractivity contribution in [2.75, 3.05) is 0 Å². The SMILES string of the molecule is F[B-](F)(F)F.O=C1CCC(=O)[N-]1.[U]. The van der Waals surface area contributed by atoms with Gasteiger partial charge in [0.1, 0.15) is 0 Å². The summed E-state index contributed by atoms with van der Waals surface area (Å²) in [4.78, 5) is 20.1. The first-order valence-corrected chi connectivity index (χ1v) is 2.94. The standard InChI is InChI=1S/C4H5NO2.BF4.U/c6-3-1-2-4(7)5-3;2-1(3,4)5;/h1-2H2,(H,5,6,7);;/q;-1;/p-1. The third-order valence-corrected chi connectivity index (χ3v) is 0.802. The van der Waals surface area contributed by atoms with Crippen molar-refractivity contribution in [3.05, 3.63) is 5.32 Å². The van der Waals surface area contributed by atoms with Gasteiger partial charge in [0.25, 0.3) is 0 Å². The first kappa shape index (κ1) is 15.4. The Kier molecular flexibility index (Phi) is 7.65. The minimum absolute atomic E-state index is 0. The molecule has 1 aliphatic rings. The van der Waals surface area contributed by atoms with Gasteiger partial charge in [-0.25, -0.2) is 0 Å². The van der Waals surface area contributed by atoms with E-state index in [1.54, 1.807) is 0 Å². The van der Waals surface area contributed by atoms with E-state index in [0.717, 1.165) is 0 Å². The number of halogens is 4. The summed E-state index contributed by atoms with van der Waals surface area (Å²) in [6.07, 6.45) is 0.637. The first-order valence-electron chi connectivity index (χ1n) is 2.94. The van der Waals surface area contributed by atoms with E-state index in [1.165, 1.54) is 0 Å². The minimum atomic E-state index is -6.00. The fourth-order valence-electron chi connectivity index (χ4n) is 0.465. The molecule has 1 aliphatic heterocycles. The summed E-state index contributed by atoms with van der Waals surface area (Å²) in [7, 11) is -6.00. The molecule has 0 bridgehead atoms. The van der Waals surface area contributed by atoms with E-state index in [4.69, 9.17) is 0 Å². The van der Waals surface area contributed by atoms with Gasteiger partial charge in [-0.1, -0.05) is 0 Å². The minimum Gasteiger partial charge on any atom is -0.596 e. The van der Waals surface area contributed by atoms with E-state index >= 15 is 0 Å². The van der Waals surface area contributed by atoms with E-state index in [1.807, 2.05) is 0 Å². The summed E-state index contributed by atoms with van der Waals surface area (Å²) in [6.45, 7) is 0. The van der Waals surface area contributed by atoms with Crippen molar-refractivity contribution in [1.29, 1.82) is 0 Å². The average molecular weight is 423 g/mol. The summed E-state index contributed by atoms with van der Waals surface area (Å²) in [5.41, 5.74) is 0. The molecule has 13 heavy (non-hydrogen) atoms. The Bertz CT molecular complexity index is 177. The average Bonchev–Trinajstić information content (AvgIpc) is 2.09. The number of imide groups is 1. The van der Waals surface area contributed by atoms with Crippen LogP contribution in [-0.2, 0) is 9.59 Å². The molecule has 0 saturated carbocycles. The van der Waals surface area contributed by atoms with Gasteiger partial charge >= 0.3 is 7.25 Å². The molecule has 0 atom stereocenters. The number of rotatable bonds is 0. The second-order valence-electron chi connectivity index (χ2n) is 1.89. The van der Waals surface area contributed by atoms with Crippen molar-refractivity contribution < 1.29 is 58.0 Å². The molecule has 74 valence electrons. The van der Waals surface area contributed by atoms with Gasteiger partial charge in [0.2, 0.25) is 0 Å². The Balaban J connectivity index is 0. The van der Waals surface area contributed by atoms with Crippen LogP contribution in [0.25, 0.3) is 5.32 Å². The summed E-state index contributed by atoms with van der Waals surface area (Å²) in [5, 5.41) is 3.11. The van der Waals surface area contributed by atoms with Gasteiger partial charge in [-0.05, 0) is 12.8 Å². The van der Waals surface area contributed by atoms with Crippen molar-refractivity contribution in [3.8, 4) is 0 Å². The summed E-state index contributed by atoms with van der Waals surface area (Å²) < 4.78 is 39.0. The maximum absolute atomic E-state index is 10.1. The number of carbonyl (C=O) groups is 2. The van der Waals surface area contributed by atoms with Crippen LogP contribution < -0.4 is 0 Å². The summed E-state index contributed by atoms with van der Waals surface area (Å²) >= 11 is 0. The van der Waals surface area contributed by atoms with Gasteiger partial charge in [0.15, 0.2) is 0 Å². The van der Waals surface area contributed by atoms with Crippen LogP contribution in [0.15, 0.2) is 0 Å². The quantitative estimate of drug-likeness (QED) is 0.337. The molecule has 3 nitrogen and oxygen atoms in total. The second-order valence-corrected chi connectivity index (χ2v) is 1.89. The number of carbonyl (C=O) groups excluding carboxylic acids is 2. The van der Waals surface area contributed by atoms with Crippen LogP contribution in [0.4, 0.5) is 17.3 Å². The molecule has 0 aliphatic carbocycles. The fourth-order valence-corrected chi connectivity index (χ4v) is 0.465. The van der Waals surface area contributed by atoms with Crippen LogP contribution >= 0.6 is 0 Å². The molecule has 0 N–H and O–H groups in total. The summed E-state index contributed by atoms with van der Waals surface area (Å²) in [5.74, 6) is -0.546. The normalized spacial score (nSPS) is 15.4. The van der Waals surface area contributed by atoms with Crippen LogP contribution in [0.2, 0.25) is 0 Å². The largest absolute Gasteiger partial charge is 0.673 e. The van der Waals surface area contributed by atoms with Gasteiger partial charge in [0, 0.05) is 31.1 Å². The van der Waals surface area contributed by atoms with E-state index < -0.39 is 7.25 Å². The van der Waals surface area contributed by atoms with Crippen molar-refractivity contribution in [2.45, 2.75) is 12.8 Å². The Morgan fingerprint density at radius 1 is 1.00 bits per heavy atom. The van der Waals surface area contributed by atoms with E-state index in [9.17, 15) is 26.9 Å². The smallest absolute Gasteiger partial charge is 0.596 e. The Morgan fingerprint density at radius 3 is 1.31 bits per heavy atom. The molecule has 1 saturated heterocycles. The van der Waals surface area contributed by atoms with Crippen LogP contribution in [0.1, 0.15) is 12.8 Å². The maximum atomic E-state index is 10.1. The van der Waals surface area contributed by atoms with Crippen LogP contribution in [0.5, 0.6) is 0 Å². The Hall–Kier alpha value is -0.0231. The molecular formula is C4H4BF4NO2U-2. The third-order valence-electron chi connectivity index (χ3n) is 0.802. The second kappa shape index (κ2) is 6.43. The zero-order valence-electron chi connectivity index (χ0n) is 6.27. The Morgan fingerprint density at radius 2 is 1.23 bits per heavy atom. The van der Waals surface area contributed by atoms with Gasteiger partial charge < -0.3 is 32.2 Å². The topological polar surface area (TPSA) is 48.2 Å². The molecular weight excluding hydrogens is 419 g/mol. The predicted octanol–water partition coefficient (Wildman–Crippen LogP) is 1.51. The number of hydrogen-bond donors (Lipinski definition) is 0. The number of nitrogens with zero attached hydrogens (tertiary/aromatic N) is 1. The first-order chi connectivity index (χ1) is 5.29. The van der Waals surface area contributed by atoms with E-state index in [2.05, 4.69) is 5.32 Å². The number of amides is 2. The Labute approximate surface area is 95.1 Å². The zero-order chi connectivity index (χ0) is 9.78. The van der Waals surface area contributed by atoms with Gasteiger partial charge in [-0.2, -0.15) is 0 Å². The molecule has 1 heterocycles.